The molecule has 1 amide bonds. The van der Waals surface area contributed by atoms with Gasteiger partial charge in [-0.3, -0.25) is 4.79 Å². The summed E-state index contributed by atoms with van der Waals surface area (Å²) in [7, 11) is -3.54. The number of sulfonamides is 1. The van der Waals surface area contributed by atoms with E-state index < -0.39 is 21.7 Å². The van der Waals surface area contributed by atoms with Crippen LogP contribution in [0.2, 0.25) is 0 Å². The number of rotatable bonds is 5. The second kappa shape index (κ2) is 9.20. The lowest BCUT2D eigenvalue weighted by atomic mass is 9.88. The van der Waals surface area contributed by atoms with Gasteiger partial charge in [0.05, 0.1) is 0 Å². The lowest BCUT2D eigenvalue weighted by Crippen LogP contribution is -2.49. The smallest absolute Gasteiger partial charge is 0.236 e. The third-order valence-corrected chi connectivity index (χ3v) is 6.01. The fourth-order valence-corrected chi connectivity index (χ4v) is 4.63. The van der Waals surface area contributed by atoms with Crippen molar-refractivity contribution in [3.8, 4) is 0 Å². The molecule has 23 heavy (non-hydrogen) atoms. The topological polar surface area (TPSA) is 87.3 Å². The first-order chi connectivity index (χ1) is 10.3. The Hall–Kier alpha value is -0.370. The first-order valence-electron chi connectivity index (χ1n) is 8.37. The van der Waals surface area contributed by atoms with Crippen LogP contribution in [0.3, 0.4) is 0 Å². The number of hydrogen-bond donors (Lipinski definition) is 3. The highest BCUT2D eigenvalue weighted by Gasteiger charge is 2.26. The first-order valence-corrected chi connectivity index (χ1v) is 10.0. The van der Waals surface area contributed by atoms with E-state index in [1.165, 1.54) is 0 Å². The van der Waals surface area contributed by atoms with Crippen molar-refractivity contribution >= 4 is 28.3 Å². The Morgan fingerprint density at radius 3 is 2.35 bits per heavy atom. The molecule has 2 atom stereocenters. The van der Waals surface area contributed by atoms with E-state index in [0.717, 1.165) is 45.1 Å². The molecule has 8 heteroatoms. The lowest BCUT2D eigenvalue weighted by molar-refractivity contribution is -0.119. The minimum absolute atomic E-state index is 0. The van der Waals surface area contributed by atoms with E-state index in [9.17, 15) is 13.2 Å². The summed E-state index contributed by atoms with van der Waals surface area (Å²) in [4.78, 5) is 12.0. The van der Waals surface area contributed by atoms with Crippen molar-refractivity contribution in [1.82, 2.24) is 15.4 Å². The maximum atomic E-state index is 12.1. The van der Waals surface area contributed by atoms with Crippen molar-refractivity contribution in [2.24, 2.45) is 5.92 Å². The zero-order valence-electron chi connectivity index (χ0n) is 14.0. The third-order valence-electron chi connectivity index (χ3n) is 4.67. The molecule has 2 rings (SSSR count). The summed E-state index contributed by atoms with van der Waals surface area (Å²) in [6.07, 6.45) is 5.53. The maximum Gasteiger partial charge on any atom is 0.236 e. The molecule has 1 saturated carbocycles. The van der Waals surface area contributed by atoms with Gasteiger partial charge in [0.2, 0.25) is 15.9 Å². The Morgan fingerprint density at radius 2 is 1.74 bits per heavy atom. The Kier molecular flexibility index (Phi) is 8.27. The van der Waals surface area contributed by atoms with E-state index in [0.29, 0.717) is 12.0 Å². The number of piperidine rings is 1. The normalized spacial score (nSPS) is 31.9. The van der Waals surface area contributed by atoms with Gasteiger partial charge in [0.15, 0.2) is 0 Å². The molecule has 1 saturated heterocycles. The van der Waals surface area contributed by atoms with Crippen LogP contribution < -0.4 is 15.4 Å². The zero-order chi connectivity index (χ0) is 16.2. The highest BCUT2D eigenvalue weighted by Crippen LogP contribution is 2.23. The van der Waals surface area contributed by atoms with Crippen molar-refractivity contribution < 1.29 is 13.2 Å². The van der Waals surface area contributed by atoms with Crippen LogP contribution in [0.4, 0.5) is 0 Å². The van der Waals surface area contributed by atoms with E-state index in [1.807, 2.05) is 0 Å². The maximum absolute atomic E-state index is 12.1. The van der Waals surface area contributed by atoms with Gasteiger partial charge in [0.25, 0.3) is 0 Å². The number of carbonyl (C=O) groups excluding carboxylic acids is 1. The Balaban J connectivity index is 0.00000264. The average molecular weight is 368 g/mol. The molecule has 0 aromatic carbocycles. The van der Waals surface area contributed by atoms with Crippen LogP contribution in [0, 0.1) is 5.92 Å². The Morgan fingerprint density at radius 1 is 1.09 bits per heavy atom. The number of halogens is 1. The summed E-state index contributed by atoms with van der Waals surface area (Å²) in [5, 5.41) is 6.16. The molecule has 0 spiro atoms. The summed E-state index contributed by atoms with van der Waals surface area (Å²) < 4.78 is 26.9. The summed E-state index contributed by atoms with van der Waals surface area (Å²) in [6, 6.07) is 0.431. The van der Waals surface area contributed by atoms with Crippen molar-refractivity contribution in [1.29, 1.82) is 0 Å². The third kappa shape index (κ3) is 7.37. The summed E-state index contributed by atoms with van der Waals surface area (Å²) in [6.45, 7) is 5.12. The van der Waals surface area contributed by atoms with Crippen molar-refractivity contribution in [2.45, 2.75) is 70.5 Å². The van der Waals surface area contributed by atoms with E-state index in [1.54, 1.807) is 0 Å². The predicted octanol–water partition coefficient (Wildman–Crippen LogP) is 1.16. The van der Waals surface area contributed by atoms with Crippen molar-refractivity contribution in [2.75, 3.05) is 12.3 Å². The van der Waals surface area contributed by atoms with Crippen LogP contribution in [-0.2, 0) is 14.8 Å². The summed E-state index contributed by atoms with van der Waals surface area (Å²) in [5.74, 6) is -0.182. The van der Waals surface area contributed by atoms with Crippen molar-refractivity contribution in [3.63, 3.8) is 0 Å². The molecule has 0 aromatic rings. The van der Waals surface area contributed by atoms with Gasteiger partial charge < -0.3 is 10.6 Å². The minimum atomic E-state index is -3.54. The van der Waals surface area contributed by atoms with Crippen LogP contribution >= 0.6 is 12.4 Å². The predicted molar refractivity (Wildman–Crippen MR) is 94.2 cm³/mol. The molecule has 1 aliphatic heterocycles. The molecule has 1 heterocycles. The van der Waals surface area contributed by atoms with Gasteiger partial charge in [-0.05, 0) is 57.9 Å². The minimum Gasteiger partial charge on any atom is -0.352 e. The van der Waals surface area contributed by atoms with Crippen LogP contribution in [0.1, 0.15) is 52.4 Å². The molecule has 2 unspecified atom stereocenters. The van der Waals surface area contributed by atoms with Gasteiger partial charge in [-0.25, -0.2) is 13.1 Å². The van der Waals surface area contributed by atoms with Crippen LogP contribution in [0.25, 0.3) is 0 Å². The molecule has 3 N–H and O–H groups in total. The number of nitrogens with one attached hydrogen (secondary N) is 3. The lowest BCUT2D eigenvalue weighted by Gasteiger charge is -2.29. The van der Waals surface area contributed by atoms with E-state index in [2.05, 4.69) is 29.2 Å². The van der Waals surface area contributed by atoms with E-state index in [4.69, 9.17) is 0 Å². The van der Waals surface area contributed by atoms with E-state index >= 15 is 0 Å². The SMILES string of the molecule is CC1CCC(NS(=O)(=O)CC(=O)NC2CCNC(C)C2)CC1.Cl. The van der Waals surface area contributed by atoms with Crippen molar-refractivity contribution in [3.05, 3.63) is 0 Å². The molecule has 0 radical (unpaired) electrons. The largest absolute Gasteiger partial charge is 0.352 e. The second-order valence-electron chi connectivity index (χ2n) is 6.98. The monoisotopic (exact) mass is 367 g/mol. The highest BCUT2D eigenvalue weighted by atomic mass is 35.5. The highest BCUT2D eigenvalue weighted by molar-refractivity contribution is 7.90. The molecule has 136 valence electrons. The van der Waals surface area contributed by atoms with Gasteiger partial charge in [0, 0.05) is 18.1 Å². The van der Waals surface area contributed by atoms with Crippen LogP contribution in [0.15, 0.2) is 0 Å². The van der Waals surface area contributed by atoms with Crippen LogP contribution in [-0.4, -0.2) is 44.7 Å². The molecule has 1 aliphatic carbocycles. The fraction of sp³-hybridized carbons (Fsp3) is 0.933. The molecule has 2 aliphatic rings. The van der Waals surface area contributed by atoms with Gasteiger partial charge in [-0.1, -0.05) is 6.92 Å². The standard InChI is InChI=1S/C15H29N3O3S.ClH/c1-11-3-5-13(6-4-11)18-22(20,21)10-15(19)17-14-7-8-16-12(2)9-14;/h11-14,16,18H,3-10H2,1-2H3,(H,17,19);1H. The van der Waals surface area contributed by atoms with Crippen LogP contribution in [0.5, 0.6) is 0 Å². The molecule has 2 fully saturated rings. The quantitative estimate of drug-likeness (QED) is 0.680. The molecule has 0 aromatic heterocycles. The number of amides is 1. The number of hydrogen-bond acceptors (Lipinski definition) is 4. The van der Waals surface area contributed by atoms with Gasteiger partial charge in [-0.2, -0.15) is 0 Å². The van der Waals surface area contributed by atoms with E-state index in [-0.39, 0.29) is 24.5 Å². The van der Waals surface area contributed by atoms with Gasteiger partial charge in [-0.15, -0.1) is 12.4 Å². The number of carbonyl (C=O) groups is 1. The molecule has 6 nitrogen and oxygen atoms in total. The molecular weight excluding hydrogens is 338 g/mol. The summed E-state index contributed by atoms with van der Waals surface area (Å²) >= 11 is 0. The average Bonchev–Trinajstić information content (AvgIpc) is 2.40. The molecular formula is C15H30ClN3O3S. The second-order valence-corrected chi connectivity index (χ2v) is 8.73. The Bertz CT molecular complexity index is 478. The molecule has 0 bridgehead atoms. The first kappa shape index (κ1) is 20.7. The fourth-order valence-electron chi connectivity index (χ4n) is 3.38. The Labute approximate surface area is 146 Å². The summed E-state index contributed by atoms with van der Waals surface area (Å²) in [5.41, 5.74) is 0. The van der Waals surface area contributed by atoms with Gasteiger partial charge >= 0.3 is 0 Å². The zero-order valence-corrected chi connectivity index (χ0v) is 15.6. The van der Waals surface area contributed by atoms with Gasteiger partial charge in [0.1, 0.15) is 5.75 Å².